The van der Waals surface area contributed by atoms with Gasteiger partial charge in [-0.3, -0.25) is 14.5 Å². The van der Waals surface area contributed by atoms with Gasteiger partial charge >= 0.3 is 5.91 Å². The summed E-state index contributed by atoms with van der Waals surface area (Å²) in [4.78, 5) is 27.5. The molecule has 3 aromatic rings. The van der Waals surface area contributed by atoms with Crippen molar-refractivity contribution in [3.63, 3.8) is 0 Å². The summed E-state index contributed by atoms with van der Waals surface area (Å²) in [6.07, 6.45) is 0. The highest BCUT2D eigenvalue weighted by Crippen LogP contribution is 2.42. The summed E-state index contributed by atoms with van der Waals surface area (Å²) in [6.45, 7) is 8.03. The van der Waals surface area contributed by atoms with Gasteiger partial charge in [0.05, 0.1) is 18.7 Å². The molecule has 1 N–H and O–H groups in total. The van der Waals surface area contributed by atoms with Crippen molar-refractivity contribution in [2.24, 2.45) is 0 Å². The van der Waals surface area contributed by atoms with Crippen LogP contribution in [0.4, 0.5) is 5.82 Å². The molecule has 2 heterocycles. The van der Waals surface area contributed by atoms with Gasteiger partial charge in [0.1, 0.15) is 17.3 Å². The second-order valence-electron chi connectivity index (χ2n) is 9.07. The number of nitrogens with zero attached hydrogens (tertiary/aromatic N) is 2. The van der Waals surface area contributed by atoms with Crippen molar-refractivity contribution in [3.05, 3.63) is 82.6 Å². The maximum Gasteiger partial charge on any atom is 0.301 e. The van der Waals surface area contributed by atoms with E-state index < -0.39 is 17.7 Å². The Labute approximate surface area is 192 Å². The molecule has 0 spiro atoms. The quantitative estimate of drug-likeness (QED) is 0.348. The van der Waals surface area contributed by atoms with Gasteiger partial charge in [-0.2, -0.15) is 0 Å². The number of Topliss-reactive ketones (excluding diaryl/α,β-unsaturated/α-hetero) is 1. The number of carbonyl (C=O) groups excluding carboxylic acids is 2. The van der Waals surface area contributed by atoms with Crippen LogP contribution in [0.25, 0.3) is 5.76 Å². The molecule has 1 aliphatic heterocycles. The lowest BCUT2D eigenvalue weighted by atomic mass is 9.85. The van der Waals surface area contributed by atoms with E-state index in [9.17, 15) is 14.7 Å². The summed E-state index contributed by atoms with van der Waals surface area (Å²) >= 11 is 0. The predicted octanol–water partition coefficient (Wildman–Crippen LogP) is 4.92. The van der Waals surface area contributed by atoms with Crippen LogP contribution in [0.5, 0.6) is 5.75 Å². The van der Waals surface area contributed by atoms with Crippen LogP contribution >= 0.6 is 0 Å². The molecule has 1 fully saturated rings. The first kappa shape index (κ1) is 22.3. The molecule has 0 radical (unpaired) electrons. The van der Waals surface area contributed by atoms with Gasteiger partial charge in [0, 0.05) is 11.6 Å². The average molecular weight is 447 g/mol. The third-order valence-corrected chi connectivity index (χ3v) is 5.76. The summed E-state index contributed by atoms with van der Waals surface area (Å²) in [5.41, 5.74) is 2.12. The molecule has 7 nitrogen and oxygen atoms in total. The highest BCUT2D eigenvalue weighted by Gasteiger charge is 2.48. The molecule has 7 heteroatoms. The van der Waals surface area contributed by atoms with Gasteiger partial charge in [-0.15, -0.1) is 0 Å². The van der Waals surface area contributed by atoms with Gasteiger partial charge in [-0.25, -0.2) is 0 Å². The standard InChI is InChI=1S/C26H26N2O5/c1-15-14-20(27-33-15)28-22(16-6-10-18(11-7-16)26(2,3)4)21(24(30)25(28)31)23(29)17-8-12-19(32-5)13-9-17/h6-14,22,29H,1-5H3/t22-/m0/s1. The van der Waals surface area contributed by atoms with Crippen molar-refractivity contribution in [2.75, 3.05) is 12.0 Å². The van der Waals surface area contributed by atoms with Crippen LogP contribution in [0, 0.1) is 6.92 Å². The van der Waals surface area contributed by atoms with E-state index in [1.165, 1.54) is 4.90 Å². The Kier molecular flexibility index (Phi) is 5.57. The van der Waals surface area contributed by atoms with Crippen LogP contribution in [-0.2, 0) is 15.0 Å². The maximum absolute atomic E-state index is 13.2. The summed E-state index contributed by atoms with van der Waals surface area (Å²) in [5.74, 6) is -0.489. The van der Waals surface area contributed by atoms with Gasteiger partial charge in [-0.1, -0.05) is 50.2 Å². The second-order valence-corrected chi connectivity index (χ2v) is 9.07. The minimum Gasteiger partial charge on any atom is -0.507 e. The monoisotopic (exact) mass is 446 g/mol. The summed E-state index contributed by atoms with van der Waals surface area (Å²) < 4.78 is 10.3. The number of ether oxygens (including phenoxy) is 1. The first-order valence-electron chi connectivity index (χ1n) is 10.6. The number of hydrogen-bond donors (Lipinski definition) is 1. The number of aryl methyl sites for hydroxylation is 1. The maximum atomic E-state index is 13.2. The van der Waals surface area contributed by atoms with Crippen molar-refractivity contribution in [2.45, 2.75) is 39.2 Å². The van der Waals surface area contributed by atoms with E-state index >= 15 is 0 Å². The Hall–Kier alpha value is -3.87. The number of carbonyl (C=O) groups is 2. The van der Waals surface area contributed by atoms with Crippen LogP contribution < -0.4 is 9.64 Å². The number of amides is 1. The average Bonchev–Trinajstić information content (AvgIpc) is 3.33. The number of ketones is 1. The molecule has 2 aromatic carbocycles. The van der Waals surface area contributed by atoms with E-state index in [-0.39, 0.29) is 22.6 Å². The summed E-state index contributed by atoms with van der Waals surface area (Å²) in [6, 6.07) is 15.1. The number of methoxy groups -OCH3 is 1. The Balaban J connectivity index is 1.89. The fourth-order valence-electron chi connectivity index (χ4n) is 3.92. The summed E-state index contributed by atoms with van der Waals surface area (Å²) in [7, 11) is 1.54. The second kappa shape index (κ2) is 8.24. The smallest absolute Gasteiger partial charge is 0.301 e. The topological polar surface area (TPSA) is 92.9 Å². The van der Waals surface area contributed by atoms with Crippen LogP contribution in [0.3, 0.4) is 0 Å². The molecule has 0 saturated carbocycles. The molecule has 1 aromatic heterocycles. The zero-order valence-corrected chi connectivity index (χ0v) is 19.2. The van der Waals surface area contributed by atoms with Gasteiger partial charge in [0.25, 0.3) is 5.78 Å². The summed E-state index contributed by atoms with van der Waals surface area (Å²) in [5, 5.41) is 15.1. The molecule has 0 unspecified atom stereocenters. The van der Waals surface area contributed by atoms with E-state index in [2.05, 4.69) is 25.9 Å². The Morgan fingerprint density at radius 2 is 1.70 bits per heavy atom. The zero-order chi connectivity index (χ0) is 23.9. The molecule has 4 rings (SSSR count). The predicted molar refractivity (Wildman–Crippen MR) is 124 cm³/mol. The zero-order valence-electron chi connectivity index (χ0n) is 19.2. The minimum absolute atomic E-state index is 0.00525. The van der Waals surface area contributed by atoms with Gasteiger partial charge in [0.15, 0.2) is 5.82 Å². The largest absolute Gasteiger partial charge is 0.507 e. The molecule has 1 atom stereocenters. The minimum atomic E-state index is -0.856. The third-order valence-electron chi connectivity index (χ3n) is 5.76. The molecular formula is C26H26N2O5. The lowest BCUT2D eigenvalue weighted by Gasteiger charge is -2.24. The normalized spacial score (nSPS) is 18.1. The molecule has 170 valence electrons. The van der Waals surface area contributed by atoms with E-state index in [4.69, 9.17) is 9.26 Å². The number of rotatable bonds is 4. The number of benzene rings is 2. The first-order valence-corrected chi connectivity index (χ1v) is 10.6. The van der Waals surface area contributed by atoms with Crippen molar-refractivity contribution in [1.29, 1.82) is 0 Å². The number of aliphatic hydroxyl groups excluding tert-OH is 1. The van der Waals surface area contributed by atoms with Crippen LogP contribution in [-0.4, -0.2) is 29.1 Å². The SMILES string of the molecule is COc1ccc(C(O)=C2C(=O)C(=O)N(c3cc(C)on3)[C@H]2c2ccc(C(C)(C)C)cc2)cc1. The number of anilines is 1. The lowest BCUT2D eigenvalue weighted by molar-refractivity contribution is -0.132. The van der Waals surface area contributed by atoms with Gasteiger partial charge in [0.2, 0.25) is 0 Å². The van der Waals surface area contributed by atoms with E-state index in [0.29, 0.717) is 22.6 Å². The molecule has 33 heavy (non-hydrogen) atoms. The van der Waals surface area contributed by atoms with Crippen molar-refractivity contribution >= 4 is 23.3 Å². The van der Waals surface area contributed by atoms with Crippen LogP contribution in [0.1, 0.15) is 49.3 Å². The van der Waals surface area contributed by atoms with Crippen LogP contribution in [0.15, 0.2) is 64.7 Å². The highest BCUT2D eigenvalue weighted by molar-refractivity contribution is 6.51. The molecule has 0 aliphatic carbocycles. The van der Waals surface area contributed by atoms with E-state index in [1.54, 1.807) is 44.4 Å². The van der Waals surface area contributed by atoms with Gasteiger partial charge < -0.3 is 14.4 Å². The molecule has 1 amide bonds. The lowest BCUT2D eigenvalue weighted by Crippen LogP contribution is -2.29. The molecule has 1 aliphatic rings. The Morgan fingerprint density at radius 1 is 1.06 bits per heavy atom. The van der Waals surface area contributed by atoms with Gasteiger partial charge in [-0.05, 0) is 47.7 Å². The fourth-order valence-corrected chi connectivity index (χ4v) is 3.92. The fraction of sp³-hybridized carbons (Fsp3) is 0.269. The van der Waals surface area contributed by atoms with Crippen molar-refractivity contribution in [1.82, 2.24) is 5.16 Å². The third kappa shape index (κ3) is 4.02. The Bertz CT molecular complexity index is 1230. The molecule has 0 bridgehead atoms. The first-order chi connectivity index (χ1) is 15.6. The Morgan fingerprint density at radius 3 is 2.21 bits per heavy atom. The number of aromatic nitrogens is 1. The van der Waals surface area contributed by atoms with Crippen molar-refractivity contribution in [3.8, 4) is 5.75 Å². The van der Waals surface area contributed by atoms with Crippen LogP contribution in [0.2, 0.25) is 0 Å². The molecular weight excluding hydrogens is 420 g/mol. The van der Waals surface area contributed by atoms with Crippen molar-refractivity contribution < 1.29 is 24.0 Å². The van der Waals surface area contributed by atoms with E-state index in [0.717, 1.165) is 5.56 Å². The highest BCUT2D eigenvalue weighted by atomic mass is 16.5. The number of hydrogen-bond acceptors (Lipinski definition) is 6. The van der Waals surface area contributed by atoms with E-state index in [1.807, 2.05) is 24.3 Å². The molecule has 1 saturated heterocycles. The number of aliphatic hydroxyl groups is 1.